The topological polar surface area (TPSA) is 81.6 Å². The Morgan fingerprint density at radius 2 is 1.90 bits per heavy atom. The fourth-order valence-electron chi connectivity index (χ4n) is 3.42. The summed E-state index contributed by atoms with van der Waals surface area (Å²) in [6, 6.07) is 10.8. The van der Waals surface area contributed by atoms with Gasteiger partial charge >= 0.3 is 0 Å². The van der Waals surface area contributed by atoms with Crippen LogP contribution < -0.4 is 4.74 Å². The largest absolute Gasteiger partial charge is 0.492 e. The molecule has 31 heavy (non-hydrogen) atoms. The molecular formula is C23H22ClN3O4. The Morgan fingerprint density at radius 1 is 1.16 bits per heavy atom. The summed E-state index contributed by atoms with van der Waals surface area (Å²) in [5, 5.41) is 5.25. The number of aromatic nitrogens is 2. The van der Waals surface area contributed by atoms with Crippen molar-refractivity contribution in [1.82, 2.24) is 15.0 Å². The minimum absolute atomic E-state index is 0.169. The zero-order valence-corrected chi connectivity index (χ0v) is 18.5. The maximum absolute atomic E-state index is 13.3. The molecule has 0 fully saturated rings. The van der Waals surface area contributed by atoms with Crippen LogP contribution in [0.2, 0.25) is 5.02 Å². The molecule has 7 nitrogen and oxygen atoms in total. The summed E-state index contributed by atoms with van der Waals surface area (Å²) in [4.78, 5) is 19.5. The number of aryl methyl sites for hydroxylation is 3. The second-order valence-corrected chi connectivity index (χ2v) is 7.80. The van der Waals surface area contributed by atoms with Gasteiger partial charge in [0.25, 0.3) is 11.6 Å². The van der Waals surface area contributed by atoms with Gasteiger partial charge in [-0.3, -0.25) is 4.79 Å². The summed E-state index contributed by atoms with van der Waals surface area (Å²) in [5.41, 5.74) is 2.83. The van der Waals surface area contributed by atoms with Gasteiger partial charge in [-0.05, 0) is 57.2 Å². The van der Waals surface area contributed by atoms with Crippen molar-refractivity contribution in [3.63, 3.8) is 0 Å². The summed E-state index contributed by atoms with van der Waals surface area (Å²) < 4.78 is 16.7. The molecule has 0 aliphatic carbocycles. The van der Waals surface area contributed by atoms with Gasteiger partial charge in [0.1, 0.15) is 23.9 Å². The van der Waals surface area contributed by atoms with E-state index < -0.39 is 0 Å². The summed E-state index contributed by atoms with van der Waals surface area (Å²) in [6.45, 7) is 6.26. The number of likely N-dealkylation sites (N-methyl/N-ethyl adjacent to an activating group) is 1. The van der Waals surface area contributed by atoms with Gasteiger partial charge in [0.15, 0.2) is 0 Å². The third-order valence-electron chi connectivity index (χ3n) is 5.02. The smallest absolute Gasteiger partial charge is 0.259 e. The van der Waals surface area contributed by atoms with E-state index in [9.17, 15) is 4.79 Å². The molecule has 160 valence electrons. The number of hydrogen-bond donors (Lipinski definition) is 0. The molecule has 4 rings (SSSR count). The number of amides is 1. The Labute approximate surface area is 184 Å². The highest BCUT2D eigenvalue weighted by Crippen LogP contribution is 2.31. The third kappa shape index (κ3) is 4.27. The number of halogens is 1. The highest BCUT2D eigenvalue weighted by Gasteiger charge is 2.23. The lowest BCUT2D eigenvalue weighted by atomic mass is 10.0. The summed E-state index contributed by atoms with van der Waals surface area (Å²) >= 11 is 5.89. The van der Waals surface area contributed by atoms with E-state index in [4.69, 9.17) is 25.3 Å². The Morgan fingerprint density at radius 3 is 2.58 bits per heavy atom. The quantitative estimate of drug-likeness (QED) is 0.410. The molecular weight excluding hydrogens is 418 g/mol. The van der Waals surface area contributed by atoms with Crippen molar-refractivity contribution >= 4 is 28.6 Å². The number of rotatable bonds is 6. The van der Waals surface area contributed by atoms with Crippen LogP contribution in [0.4, 0.5) is 0 Å². The van der Waals surface area contributed by atoms with Crippen LogP contribution >= 0.6 is 11.6 Å². The zero-order valence-electron chi connectivity index (χ0n) is 17.7. The van der Waals surface area contributed by atoms with Gasteiger partial charge in [-0.2, -0.15) is 0 Å². The molecule has 0 radical (unpaired) electrons. The highest BCUT2D eigenvalue weighted by atomic mass is 35.5. The molecule has 0 unspecified atom stereocenters. The highest BCUT2D eigenvalue weighted by molar-refractivity contribution is 6.30. The maximum atomic E-state index is 13.3. The molecule has 3 heterocycles. The molecule has 1 aromatic carbocycles. The molecule has 0 bridgehead atoms. The van der Waals surface area contributed by atoms with Crippen LogP contribution in [0.25, 0.3) is 22.4 Å². The average molecular weight is 440 g/mol. The van der Waals surface area contributed by atoms with E-state index in [0.29, 0.717) is 52.0 Å². The van der Waals surface area contributed by atoms with E-state index in [2.05, 4.69) is 10.1 Å². The van der Waals surface area contributed by atoms with Gasteiger partial charge in [-0.15, -0.1) is 0 Å². The molecule has 4 aromatic rings. The minimum atomic E-state index is -0.169. The predicted octanol–water partition coefficient (Wildman–Crippen LogP) is 5.21. The van der Waals surface area contributed by atoms with Crippen LogP contribution in [-0.2, 0) is 0 Å². The number of ether oxygens (including phenoxy) is 1. The fourth-order valence-corrected chi connectivity index (χ4v) is 3.55. The van der Waals surface area contributed by atoms with E-state index in [0.717, 1.165) is 17.1 Å². The number of pyridine rings is 1. The normalized spacial score (nSPS) is 11.1. The number of carbonyl (C=O) groups excluding carboxylic acids is 1. The fraction of sp³-hybridized carbons (Fsp3) is 0.261. The molecule has 0 aliphatic heterocycles. The van der Waals surface area contributed by atoms with Crippen LogP contribution in [-0.4, -0.2) is 41.1 Å². The Kier molecular flexibility index (Phi) is 5.69. The zero-order chi connectivity index (χ0) is 22.1. The van der Waals surface area contributed by atoms with E-state index >= 15 is 0 Å². The van der Waals surface area contributed by atoms with E-state index in [1.165, 1.54) is 0 Å². The van der Waals surface area contributed by atoms with Crippen molar-refractivity contribution in [2.24, 2.45) is 0 Å². The summed E-state index contributed by atoms with van der Waals surface area (Å²) in [7, 11) is 1.73. The molecule has 0 saturated carbocycles. The lowest BCUT2D eigenvalue weighted by molar-refractivity contribution is 0.0775. The van der Waals surface area contributed by atoms with Gasteiger partial charge < -0.3 is 18.6 Å². The second kappa shape index (κ2) is 8.43. The van der Waals surface area contributed by atoms with Gasteiger partial charge in [0.2, 0.25) is 0 Å². The third-order valence-corrected chi connectivity index (χ3v) is 5.27. The first kappa shape index (κ1) is 20.9. The molecule has 1 amide bonds. The van der Waals surface area contributed by atoms with Crippen LogP contribution in [0.3, 0.4) is 0 Å². The monoisotopic (exact) mass is 439 g/mol. The summed E-state index contributed by atoms with van der Waals surface area (Å²) in [5.74, 6) is 2.02. The first-order chi connectivity index (χ1) is 14.8. The number of fused-ring (bicyclic) bond motifs is 1. The minimum Gasteiger partial charge on any atom is -0.492 e. The Hall–Kier alpha value is -3.32. The molecule has 0 atom stereocenters. The van der Waals surface area contributed by atoms with Crippen molar-refractivity contribution in [1.29, 1.82) is 0 Å². The van der Waals surface area contributed by atoms with Crippen molar-refractivity contribution < 1.29 is 18.5 Å². The van der Waals surface area contributed by atoms with E-state index in [1.54, 1.807) is 49.2 Å². The van der Waals surface area contributed by atoms with Crippen molar-refractivity contribution in [2.45, 2.75) is 20.8 Å². The van der Waals surface area contributed by atoms with Crippen LogP contribution in [0.5, 0.6) is 5.75 Å². The first-order valence-corrected chi connectivity index (χ1v) is 10.2. The average Bonchev–Trinajstić information content (AvgIpc) is 3.29. The number of benzene rings is 1. The Bertz CT molecular complexity index is 1240. The molecule has 0 saturated heterocycles. The second-order valence-electron chi connectivity index (χ2n) is 7.36. The van der Waals surface area contributed by atoms with Crippen molar-refractivity contribution in [2.75, 3.05) is 20.2 Å². The van der Waals surface area contributed by atoms with E-state index in [-0.39, 0.29) is 5.91 Å². The summed E-state index contributed by atoms with van der Waals surface area (Å²) in [6.07, 6.45) is 0. The SMILES string of the molecule is Cc1cc(-c2cc(C(=O)N(C)CCOc3ccc(Cl)cc3)c3c(C)noc3n2)c(C)o1. The molecule has 0 spiro atoms. The standard InChI is InChI=1S/C23H22ClN3O4/c1-13-11-18(15(3)30-13)20-12-19(21-14(2)26-31-22(21)25-20)23(28)27(4)9-10-29-17-7-5-16(24)6-8-17/h5-8,11-12H,9-10H2,1-4H3. The number of furan rings is 1. The first-order valence-electron chi connectivity index (χ1n) is 9.81. The number of hydrogen-bond acceptors (Lipinski definition) is 6. The lowest BCUT2D eigenvalue weighted by Crippen LogP contribution is -2.31. The van der Waals surface area contributed by atoms with Crippen LogP contribution in [0.15, 0.2) is 45.3 Å². The Balaban J connectivity index is 1.59. The predicted molar refractivity (Wildman–Crippen MR) is 118 cm³/mol. The van der Waals surface area contributed by atoms with E-state index in [1.807, 2.05) is 19.9 Å². The van der Waals surface area contributed by atoms with Gasteiger partial charge in [0.05, 0.1) is 28.9 Å². The molecule has 3 aromatic heterocycles. The van der Waals surface area contributed by atoms with Gasteiger partial charge in [-0.25, -0.2) is 4.98 Å². The number of nitrogens with zero attached hydrogens (tertiary/aromatic N) is 3. The lowest BCUT2D eigenvalue weighted by Gasteiger charge is -2.18. The molecule has 8 heteroatoms. The number of carbonyl (C=O) groups is 1. The van der Waals surface area contributed by atoms with Crippen molar-refractivity contribution in [3.05, 3.63) is 64.2 Å². The van der Waals surface area contributed by atoms with Gasteiger partial charge in [-0.1, -0.05) is 16.8 Å². The van der Waals surface area contributed by atoms with Gasteiger partial charge in [0, 0.05) is 17.6 Å². The maximum Gasteiger partial charge on any atom is 0.259 e. The van der Waals surface area contributed by atoms with Crippen molar-refractivity contribution in [3.8, 4) is 17.0 Å². The molecule has 0 N–H and O–H groups in total. The molecule has 0 aliphatic rings. The van der Waals surface area contributed by atoms with Crippen LogP contribution in [0.1, 0.15) is 27.6 Å². The van der Waals surface area contributed by atoms with Crippen LogP contribution in [0, 0.1) is 20.8 Å².